The predicted octanol–water partition coefficient (Wildman–Crippen LogP) is 0.611. The van der Waals surface area contributed by atoms with Crippen molar-refractivity contribution in [3.63, 3.8) is 0 Å². The fourth-order valence-corrected chi connectivity index (χ4v) is 2.94. The molecule has 1 saturated heterocycles. The third-order valence-corrected chi connectivity index (χ3v) is 4.29. The minimum Gasteiger partial charge on any atom is -0.342 e. The van der Waals surface area contributed by atoms with Gasteiger partial charge in [-0.2, -0.15) is 0 Å². The maximum atomic E-state index is 12.5. The van der Waals surface area contributed by atoms with Gasteiger partial charge >= 0.3 is 0 Å². The van der Waals surface area contributed by atoms with Crippen molar-refractivity contribution in [2.75, 3.05) is 26.2 Å². The standard InChI is InChI=1S/C17H19N3O3/c1-13-10-14-4-2-3-5-15(14)20(17(13)23)11-16(22)19-8-6-18(12-21)7-9-19/h2-5,10,12H,6-9,11H2,1H3. The second-order valence-electron chi connectivity index (χ2n) is 5.80. The zero-order chi connectivity index (χ0) is 16.4. The van der Waals surface area contributed by atoms with E-state index in [9.17, 15) is 14.4 Å². The van der Waals surface area contributed by atoms with Crippen molar-refractivity contribution in [1.82, 2.24) is 14.4 Å². The van der Waals surface area contributed by atoms with Crippen LogP contribution < -0.4 is 5.56 Å². The Balaban J connectivity index is 1.87. The molecule has 1 aromatic carbocycles. The number of carbonyl (C=O) groups is 2. The first-order valence-electron chi connectivity index (χ1n) is 7.66. The van der Waals surface area contributed by atoms with Crippen LogP contribution in [0.1, 0.15) is 5.56 Å². The number of hydrogen-bond acceptors (Lipinski definition) is 3. The molecule has 1 aliphatic rings. The average molecular weight is 313 g/mol. The summed E-state index contributed by atoms with van der Waals surface area (Å²) < 4.78 is 1.54. The molecule has 6 nitrogen and oxygen atoms in total. The molecule has 2 aromatic rings. The highest BCUT2D eigenvalue weighted by molar-refractivity contribution is 5.83. The summed E-state index contributed by atoms with van der Waals surface area (Å²) in [5.74, 6) is -0.0894. The van der Waals surface area contributed by atoms with Gasteiger partial charge < -0.3 is 9.80 Å². The molecule has 1 fully saturated rings. The van der Waals surface area contributed by atoms with Crippen LogP contribution >= 0.6 is 0 Å². The van der Waals surface area contributed by atoms with E-state index < -0.39 is 0 Å². The first kappa shape index (κ1) is 15.3. The maximum Gasteiger partial charge on any atom is 0.254 e. The van der Waals surface area contributed by atoms with Crippen molar-refractivity contribution in [3.8, 4) is 0 Å². The molecule has 2 heterocycles. The molecule has 0 radical (unpaired) electrons. The largest absolute Gasteiger partial charge is 0.342 e. The first-order chi connectivity index (χ1) is 11.1. The number of para-hydroxylation sites is 1. The predicted molar refractivity (Wildman–Crippen MR) is 87.2 cm³/mol. The lowest BCUT2D eigenvalue weighted by Gasteiger charge is -2.32. The van der Waals surface area contributed by atoms with Crippen LogP contribution in [0.3, 0.4) is 0 Å². The van der Waals surface area contributed by atoms with E-state index in [1.807, 2.05) is 30.3 Å². The highest BCUT2D eigenvalue weighted by atomic mass is 16.2. The molecule has 0 atom stereocenters. The Kier molecular flexibility index (Phi) is 4.14. The van der Waals surface area contributed by atoms with Gasteiger partial charge in [-0.15, -0.1) is 0 Å². The van der Waals surface area contributed by atoms with Gasteiger partial charge in [-0.1, -0.05) is 18.2 Å². The number of piperazine rings is 1. The van der Waals surface area contributed by atoms with Crippen LogP contribution in [0.25, 0.3) is 10.9 Å². The van der Waals surface area contributed by atoms with Gasteiger partial charge in [0, 0.05) is 31.7 Å². The maximum absolute atomic E-state index is 12.5. The molecule has 6 heteroatoms. The summed E-state index contributed by atoms with van der Waals surface area (Å²) in [7, 11) is 0. The van der Waals surface area contributed by atoms with Gasteiger partial charge in [0.2, 0.25) is 12.3 Å². The summed E-state index contributed by atoms with van der Waals surface area (Å²) in [5.41, 5.74) is 1.26. The molecule has 2 amide bonds. The molecule has 120 valence electrons. The smallest absolute Gasteiger partial charge is 0.254 e. The Morgan fingerprint density at radius 3 is 2.57 bits per heavy atom. The van der Waals surface area contributed by atoms with Crippen molar-refractivity contribution in [1.29, 1.82) is 0 Å². The zero-order valence-electron chi connectivity index (χ0n) is 13.1. The molecule has 0 bridgehead atoms. The van der Waals surface area contributed by atoms with Gasteiger partial charge in [0.15, 0.2) is 0 Å². The number of pyridine rings is 1. The number of hydrogen-bond donors (Lipinski definition) is 0. The van der Waals surface area contributed by atoms with Gasteiger partial charge in [-0.25, -0.2) is 0 Å². The van der Waals surface area contributed by atoms with Crippen LogP contribution in [0, 0.1) is 6.92 Å². The van der Waals surface area contributed by atoms with E-state index in [1.165, 1.54) is 0 Å². The highest BCUT2D eigenvalue weighted by Crippen LogP contribution is 2.13. The number of amides is 2. The number of benzene rings is 1. The Morgan fingerprint density at radius 2 is 1.87 bits per heavy atom. The van der Waals surface area contributed by atoms with Crippen molar-refractivity contribution in [2.45, 2.75) is 13.5 Å². The number of aryl methyl sites for hydroxylation is 1. The Morgan fingerprint density at radius 1 is 1.17 bits per heavy atom. The van der Waals surface area contributed by atoms with E-state index in [-0.39, 0.29) is 18.0 Å². The Hall–Kier alpha value is -2.63. The van der Waals surface area contributed by atoms with Crippen molar-refractivity contribution in [3.05, 3.63) is 46.2 Å². The second-order valence-corrected chi connectivity index (χ2v) is 5.80. The van der Waals surface area contributed by atoms with Crippen LogP contribution in [0.5, 0.6) is 0 Å². The summed E-state index contributed by atoms with van der Waals surface area (Å²) in [6.45, 7) is 3.89. The number of aromatic nitrogens is 1. The van der Waals surface area contributed by atoms with E-state index in [2.05, 4.69) is 0 Å². The topological polar surface area (TPSA) is 62.6 Å². The number of carbonyl (C=O) groups excluding carboxylic acids is 2. The SMILES string of the molecule is Cc1cc2ccccc2n(CC(=O)N2CCN(C=O)CC2)c1=O. The molecule has 0 unspecified atom stereocenters. The van der Waals surface area contributed by atoms with Crippen LogP contribution in [0.15, 0.2) is 35.1 Å². The molecule has 0 N–H and O–H groups in total. The lowest BCUT2D eigenvalue weighted by molar-refractivity contribution is -0.135. The Bertz CT molecular complexity index is 804. The second kappa shape index (κ2) is 6.24. The average Bonchev–Trinajstić information content (AvgIpc) is 2.59. The molecule has 0 spiro atoms. The lowest BCUT2D eigenvalue weighted by atomic mass is 10.1. The van der Waals surface area contributed by atoms with Crippen LogP contribution in [0.2, 0.25) is 0 Å². The number of fused-ring (bicyclic) bond motifs is 1. The van der Waals surface area contributed by atoms with Gasteiger partial charge in [0.1, 0.15) is 6.54 Å². The van der Waals surface area contributed by atoms with Crippen molar-refractivity contribution >= 4 is 23.2 Å². The first-order valence-corrected chi connectivity index (χ1v) is 7.66. The molecule has 3 rings (SSSR count). The van der Waals surface area contributed by atoms with Crippen LogP contribution in [-0.2, 0) is 16.1 Å². The molecular weight excluding hydrogens is 294 g/mol. The molecule has 1 aliphatic heterocycles. The summed E-state index contributed by atoms with van der Waals surface area (Å²) in [5, 5.41) is 0.947. The summed E-state index contributed by atoms with van der Waals surface area (Å²) >= 11 is 0. The summed E-state index contributed by atoms with van der Waals surface area (Å²) in [4.78, 5) is 39.1. The Labute approximate surface area is 133 Å². The van der Waals surface area contributed by atoms with Gasteiger partial charge in [-0.3, -0.25) is 19.0 Å². The van der Waals surface area contributed by atoms with Crippen LogP contribution in [0.4, 0.5) is 0 Å². The van der Waals surface area contributed by atoms with Gasteiger partial charge in [0.05, 0.1) is 5.52 Å². The quantitative estimate of drug-likeness (QED) is 0.780. The highest BCUT2D eigenvalue weighted by Gasteiger charge is 2.21. The van der Waals surface area contributed by atoms with E-state index in [0.29, 0.717) is 31.7 Å². The molecule has 0 aliphatic carbocycles. The fraction of sp³-hybridized carbons (Fsp3) is 0.353. The van der Waals surface area contributed by atoms with Crippen molar-refractivity contribution in [2.24, 2.45) is 0 Å². The van der Waals surface area contributed by atoms with E-state index >= 15 is 0 Å². The minimum atomic E-state index is -0.136. The molecule has 1 aromatic heterocycles. The molecule has 23 heavy (non-hydrogen) atoms. The summed E-state index contributed by atoms with van der Waals surface area (Å²) in [6, 6.07) is 9.42. The third kappa shape index (κ3) is 2.97. The normalized spacial score (nSPS) is 15.0. The van der Waals surface area contributed by atoms with Gasteiger partial charge in [0.25, 0.3) is 5.56 Å². The number of nitrogens with zero attached hydrogens (tertiary/aromatic N) is 3. The molecular formula is C17H19N3O3. The summed E-state index contributed by atoms with van der Waals surface area (Å²) in [6.07, 6.45) is 0.806. The lowest BCUT2D eigenvalue weighted by Crippen LogP contribution is -2.49. The zero-order valence-corrected chi connectivity index (χ0v) is 13.1. The fourth-order valence-electron chi connectivity index (χ4n) is 2.94. The minimum absolute atomic E-state index is 0.0299. The monoisotopic (exact) mass is 313 g/mol. The third-order valence-electron chi connectivity index (χ3n) is 4.29. The van der Waals surface area contributed by atoms with Crippen molar-refractivity contribution < 1.29 is 9.59 Å². The van der Waals surface area contributed by atoms with E-state index in [4.69, 9.17) is 0 Å². The molecule has 0 saturated carbocycles. The van der Waals surface area contributed by atoms with E-state index in [0.717, 1.165) is 17.3 Å². The van der Waals surface area contributed by atoms with E-state index in [1.54, 1.807) is 21.3 Å². The van der Waals surface area contributed by atoms with Gasteiger partial charge in [-0.05, 0) is 24.4 Å². The van der Waals surface area contributed by atoms with Crippen LogP contribution in [-0.4, -0.2) is 52.9 Å². The number of rotatable bonds is 3.